The van der Waals surface area contributed by atoms with E-state index in [4.69, 9.17) is 37.9 Å². The van der Waals surface area contributed by atoms with Gasteiger partial charge in [0.15, 0.2) is 12.4 Å². The van der Waals surface area contributed by atoms with Gasteiger partial charge < -0.3 is 43.0 Å². The molecule has 10 nitrogen and oxygen atoms in total. The molecule has 3 aromatic carbocycles. The third kappa shape index (κ3) is 14.2. The number of hydrogen-bond donors (Lipinski definition) is 1. The number of esters is 1. The van der Waals surface area contributed by atoms with Crippen molar-refractivity contribution in [1.29, 1.82) is 0 Å². The van der Waals surface area contributed by atoms with Crippen LogP contribution in [0.4, 0.5) is 0 Å². The van der Waals surface area contributed by atoms with Crippen LogP contribution < -0.4 is 18.9 Å². The van der Waals surface area contributed by atoms with E-state index in [-0.39, 0.29) is 26.4 Å². The van der Waals surface area contributed by atoms with Gasteiger partial charge in [-0.2, -0.15) is 0 Å². The van der Waals surface area contributed by atoms with Crippen molar-refractivity contribution >= 4 is 5.97 Å². The molecule has 0 amide bonds. The molecule has 0 aliphatic heterocycles. The molecule has 0 aliphatic carbocycles. The molecule has 1 N–H and O–H groups in total. The van der Waals surface area contributed by atoms with E-state index in [1.165, 1.54) is 6.92 Å². The Kier molecular flexibility index (Phi) is 15.0. The summed E-state index contributed by atoms with van der Waals surface area (Å²) in [5, 5.41) is 9.58. The molecular weight excluding hydrogens is 544 g/mol. The number of aliphatic hydroxyl groups is 1. The zero-order valence-electron chi connectivity index (χ0n) is 24.1. The van der Waals surface area contributed by atoms with Gasteiger partial charge in [-0.25, -0.2) is 0 Å². The van der Waals surface area contributed by atoms with Crippen LogP contribution in [-0.2, 0) is 23.7 Å². The molecule has 0 aliphatic rings. The predicted octanol–water partition coefficient (Wildman–Crippen LogP) is 4.29. The molecule has 42 heavy (non-hydrogen) atoms. The maximum atomic E-state index is 11.4. The minimum atomic E-state index is -0.932. The van der Waals surface area contributed by atoms with Crippen LogP contribution in [0, 0.1) is 0 Å². The Hall–Kier alpha value is -3.83. The van der Waals surface area contributed by atoms with Crippen LogP contribution in [0.1, 0.15) is 13.8 Å². The summed E-state index contributed by atoms with van der Waals surface area (Å²) in [5.74, 6) is 2.36. The van der Waals surface area contributed by atoms with Crippen molar-refractivity contribution in [3.63, 3.8) is 0 Å². The second-order valence-corrected chi connectivity index (χ2v) is 9.16. The van der Waals surface area contributed by atoms with Gasteiger partial charge >= 0.3 is 5.97 Å². The first-order chi connectivity index (χ1) is 20.5. The number of carbonyl (C=O) groups is 1. The maximum Gasteiger partial charge on any atom is 0.303 e. The third-order valence-electron chi connectivity index (χ3n) is 5.50. The number of carbonyl (C=O) groups excluding carboxylic acids is 1. The van der Waals surface area contributed by atoms with E-state index in [0.29, 0.717) is 43.7 Å². The molecular formula is C32H40O10. The van der Waals surface area contributed by atoms with Crippen molar-refractivity contribution in [3.8, 4) is 23.0 Å². The van der Waals surface area contributed by atoms with Crippen molar-refractivity contribution in [3.05, 3.63) is 84.9 Å². The van der Waals surface area contributed by atoms with Crippen LogP contribution in [0.2, 0.25) is 0 Å². The lowest BCUT2D eigenvalue weighted by Gasteiger charge is -2.20. The van der Waals surface area contributed by atoms with Gasteiger partial charge in [0, 0.05) is 6.92 Å². The molecule has 0 saturated heterocycles. The second-order valence-electron chi connectivity index (χ2n) is 9.16. The molecule has 10 heteroatoms. The third-order valence-corrected chi connectivity index (χ3v) is 5.50. The van der Waals surface area contributed by atoms with E-state index < -0.39 is 24.5 Å². The van der Waals surface area contributed by atoms with E-state index in [2.05, 4.69) is 0 Å². The van der Waals surface area contributed by atoms with E-state index >= 15 is 0 Å². The van der Waals surface area contributed by atoms with Crippen LogP contribution in [0.25, 0.3) is 0 Å². The van der Waals surface area contributed by atoms with Gasteiger partial charge in [0.1, 0.15) is 55.5 Å². The van der Waals surface area contributed by atoms with E-state index in [9.17, 15) is 9.90 Å². The Morgan fingerprint density at radius 1 is 0.595 bits per heavy atom. The first kappa shape index (κ1) is 32.7. The average Bonchev–Trinajstić information content (AvgIpc) is 2.99. The topological polar surface area (TPSA) is 111 Å². The summed E-state index contributed by atoms with van der Waals surface area (Å²) in [5.41, 5.74) is 0. The largest absolute Gasteiger partial charge is 0.491 e. The number of benzene rings is 3. The zero-order valence-corrected chi connectivity index (χ0v) is 24.1. The maximum absolute atomic E-state index is 11.4. The molecule has 0 saturated carbocycles. The van der Waals surface area contributed by atoms with Crippen molar-refractivity contribution in [1.82, 2.24) is 0 Å². The number of ether oxygens (including phenoxy) is 8. The molecule has 0 fully saturated rings. The van der Waals surface area contributed by atoms with Crippen molar-refractivity contribution in [2.45, 2.75) is 32.3 Å². The monoisotopic (exact) mass is 584 g/mol. The summed E-state index contributed by atoms with van der Waals surface area (Å²) in [6.07, 6.45) is -1.89. The minimum Gasteiger partial charge on any atom is -0.491 e. The highest BCUT2D eigenvalue weighted by Crippen LogP contribution is 2.18. The highest BCUT2D eigenvalue weighted by Gasteiger charge is 2.15. The molecule has 0 bridgehead atoms. The summed E-state index contributed by atoms with van der Waals surface area (Å²) < 4.78 is 44.9. The number of aliphatic hydroxyl groups excluding tert-OH is 1. The summed E-state index contributed by atoms with van der Waals surface area (Å²) in [4.78, 5) is 11.4. The van der Waals surface area contributed by atoms with Crippen LogP contribution in [0.3, 0.4) is 0 Å². The molecule has 3 unspecified atom stereocenters. The van der Waals surface area contributed by atoms with Crippen LogP contribution in [-0.4, -0.2) is 82.4 Å². The van der Waals surface area contributed by atoms with Gasteiger partial charge in [-0.05, 0) is 55.5 Å². The Bertz CT molecular complexity index is 1110. The lowest BCUT2D eigenvalue weighted by molar-refractivity contribution is -0.151. The number of hydrogen-bond acceptors (Lipinski definition) is 10. The Morgan fingerprint density at radius 2 is 1.02 bits per heavy atom. The molecule has 0 aromatic heterocycles. The predicted molar refractivity (Wildman–Crippen MR) is 155 cm³/mol. The Morgan fingerprint density at radius 3 is 1.48 bits per heavy atom. The van der Waals surface area contributed by atoms with Crippen molar-refractivity contribution in [2.24, 2.45) is 0 Å². The normalized spacial score (nSPS) is 13.0. The number of rotatable bonds is 21. The first-order valence-electron chi connectivity index (χ1n) is 13.9. The van der Waals surface area contributed by atoms with Crippen LogP contribution in [0.5, 0.6) is 23.0 Å². The Balaban J connectivity index is 1.27. The van der Waals surface area contributed by atoms with Gasteiger partial charge in [-0.1, -0.05) is 36.4 Å². The molecule has 3 rings (SSSR count). The van der Waals surface area contributed by atoms with E-state index in [1.54, 1.807) is 31.2 Å². The highest BCUT2D eigenvalue weighted by molar-refractivity contribution is 5.66. The zero-order chi connectivity index (χ0) is 29.8. The fourth-order valence-electron chi connectivity index (χ4n) is 3.67. The SMILES string of the molecule is CC(=O)OC(COCCOc1ccc(OCCOCC(COc2ccccc2)OC(C)O)cc1)COc1ccccc1. The van der Waals surface area contributed by atoms with Gasteiger partial charge in [0.05, 0.1) is 26.4 Å². The fraction of sp³-hybridized carbons (Fsp3) is 0.406. The number of para-hydroxylation sites is 2. The van der Waals surface area contributed by atoms with E-state index in [1.807, 2.05) is 60.7 Å². The van der Waals surface area contributed by atoms with E-state index in [0.717, 1.165) is 5.75 Å². The molecule has 0 radical (unpaired) electrons. The summed E-state index contributed by atoms with van der Waals surface area (Å²) in [6.45, 7) is 5.09. The average molecular weight is 585 g/mol. The lowest BCUT2D eigenvalue weighted by Crippen LogP contribution is -2.31. The van der Waals surface area contributed by atoms with Gasteiger partial charge in [-0.15, -0.1) is 0 Å². The quantitative estimate of drug-likeness (QED) is 0.111. The molecule has 3 aromatic rings. The molecule has 0 heterocycles. The molecule has 228 valence electrons. The second kappa shape index (κ2) is 19.3. The summed E-state index contributed by atoms with van der Waals surface area (Å²) in [6, 6.07) is 25.9. The Labute approximate surface area is 247 Å². The lowest BCUT2D eigenvalue weighted by atomic mass is 10.3. The van der Waals surface area contributed by atoms with Gasteiger partial charge in [0.2, 0.25) is 0 Å². The molecule has 3 atom stereocenters. The summed E-state index contributed by atoms with van der Waals surface area (Å²) >= 11 is 0. The molecule has 0 spiro atoms. The smallest absolute Gasteiger partial charge is 0.303 e. The highest BCUT2D eigenvalue weighted by atomic mass is 16.6. The van der Waals surface area contributed by atoms with Gasteiger partial charge in [-0.3, -0.25) is 4.79 Å². The standard InChI is InChI=1S/C32H40O10/c1-25(33)41-31(23-39-27-9-5-3-6-10-27)21-35-17-19-37-29-13-15-30(16-14-29)38-20-18-36-22-32(42-26(2)34)24-40-28-11-7-4-8-12-28/h3-16,25,31-33H,17-24H2,1-2H3. The van der Waals surface area contributed by atoms with Crippen LogP contribution in [0.15, 0.2) is 84.9 Å². The fourth-order valence-corrected chi connectivity index (χ4v) is 3.67. The van der Waals surface area contributed by atoms with Crippen molar-refractivity contribution < 1.29 is 47.8 Å². The first-order valence-corrected chi connectivity index (χ1v) is 13.9. The minimum absolute atomic E-state index is 0.190. The summed E-state index contributed by atoms with van der Waals surface area (Å²) in [7, 11) is 0. The van der Waals surface area contributed by atoms with Crippen LogP contribution >= 0.6 is 0 Å². The van der Waals surface area contributed by atoms with Gasteiger partial charge in [0.25, 0.3) is 0 Å². The van der Waals surface area contributed by atoms with Crippen molar-refractivity contribution in [2.75, 3.05) is 52.9 Å².